The monoisotopic (exact) mass is 338 g/mol. The predicted octanol–water partition coefficient (Wildman–Crippen LogP) is 1.63. The number of aromatic nitrogens is 2. The van der Waals surface area contributed by atoms with Crippen LogP contribution in [0.5, 0.6) is 0 Å². The SMILES string of the molecule is O=S(=O)(Cc1ccccc1)NC1CCN(c2cnsn2)CC1. The van der Waals surface area contributed by atoms with Gasteiger partial charge in [-0.2, -0.15) is 8.75 Å². The summed E-state index contributed by atoms with van der Waals surface area (Å²) in [6, 6.07) is 9.24. The van der Waals surface area contributed by atoms with E-state index >= 15 is 0 Å². The first-order chi connectivity index (χ1) is 10.6. The summed E-state index contributed by atoms with van der Waals surface area (Å²) in [4.78, 5) is 2.14. The van der Waals surface area contributed by atoms with Gasteiger partial charge < -0.3 is 4.90 Å². The number of anilines is 1. The Balaban J connectivity index is 1.53. The second-order valence-electron chi connectivity index (χ2n) is 5.39. The highest BCUT2D eigenvalue weighted by Gasteiger charge is 2.24. The highest BCUT2D eigenvalue weighted by atomic mass is 32.2. The van der Waals surface area contributed by atoms with Crippen LogP contribution in [0.3, 0.4) is 0 Å². The van der Waals surface area contributed by atoms with E-state index in [1.807, 2.05) is 30.3 Å². The molecule has 2 aromatic rings. The molecule has 1 aliphatic heterocycles. The lowest BCUT2D eigenvalue weighted by atomic mass is 10.1. The normalized spacial score (nSPS) is 16.8. The van der Waals surface area contributed by atoms with Crippen molar-refractivity contribution < 1.29 is 8.42 Å². The minimum atomic E-state index is -3.30. The number of benzene rings is 1. The Labute approximate surface area is 134 Å². The lowest BCUT2D eigenvalue weighted by molar-refractivity contribution is 0.458. The standard InChI is InChI=1S/C14H18N4O2S2/c19-22(20,11-12-4-2-1-3-5-12)17-13-6-8-18(9-7-13)14-10-15-21-16-14/h1-5,10,13,17H,6-9,11H2. The molecule has 1 aliphatic rings. The van der Waals surface area contributed by atoms with Crippen molar-refractivity contribution in [3.63, 3.8) is 0 Å². The van der Waals surface area contributed by atoms with Crippen molar-refractivity contribution in [2.45, 2.75) is 24.6 Å². The van der Waals surface area contributed by atoms with Gasteiger partial charge in [-0.3, -0.25) is 0 Å². The first-order valence-electron chi connectivity index (χ1n) is 7.19. The number of hydrogen-bond acceptors (Lipinski definition) is 6. The maximum atomic E-state index is 12.2. The van der Waals surface area contributed by atoms with Gasteiger partial charge in [0.25, 0.3) is 0 Å². The summed E-state index contributed by atoms with van der Waals surface area (Å²) in [6.07, 6.45) is 3.32. The Bertz CT molecular complexity index is 681. The fourth-order valence-electron chi connectivity index (χ4n) is 2.61. The van der Waals surface area contributed by atoms with Crippen molar-refractivity contribution in [1.29, 1.82) is 0 Å². The number of piperidine rings is 1. The van der Waals surface area contributed by atoms with Crippen LogP contribution in [-0.2, 0) is 15.8 Å². The highest BCUT2D eigenvalue weighted by molar-refractivity contribution is 7.88. The van der Waals surface area contributed by atoms with Crippen molar-refractivity contribution in [2.75, 3.05) is 18.0 Å². The maximum absolute atomic E-state index is 12.2. The lowest BCUT2D eigenvalue weighted by Gasteiger charge is -2.32. The van der Waals surface area contributed by atoms with Crippen LogP contribution in [-0.4, -0.2) is 36.3 Å². The van der Waals surface area contributed by atoms with Gasteiger partial charge in [-0.1, -0.05) is 30.3 Å². The van der Waals surface area contributed by atoms with Crippen molar-refractivity contribution >= 4 is 27.6 Å². The van der Waals surface area contributed by atoms with E-state index in [1.165, 1.54) is 11.7 Å². The molecule has 8 heteroatoms. The van der Waals surface area contributed by atoms with Crippen molar-refractivity contribution in [1.82, 2.24) is 13.5 Å². The van der Waals surface area contributed by atoms with Gasteiger partial charge in [-0.25, -0.2) is 13.1 Å². The third-order valence-electron chi connectivity index (χ3n) is 3.71. The summed E-state index contributed by atoms with van der Waals surface area (Å²) in [6.45, 7) is 1.59. The van der Waals surface area contributed by atoms with Crippen LogP contribution in [0.25, 0.3) is 0 Å². The zero-order chi connectivity index (χ0) is 15.4. The summed E-state index contributed by atoms with van der Waals surface area (Å²) in [5, 5.41) is 0. The average Bonchev–Trinajstić information content (AvgIpc) is 3.02. The molecule has 0 atom stereocenters. The summed E-state index contributed by atoms with van der Waals surface area (Å²) in [7, 11) is -3.30. The average molecular weight is 338 g/mol. The van der Waals surface area contributed by atoms with Crippen molar-refractivity contribution in [3.05, 3.63) is 42.1 Å². The van der Waals surface area contributed by atoms with Gasteiger partial charge >= 0.3 is 0 Å². The summed E-state index contributed by atoms with van der Waals surface area (Å²) < 4.78 is 35.5. The minimum absolute atomic E-state index is 0.00319. The van der Waals surface area contributed by atoms with Crippen molar-refractivity contribution in [3.8, 4) is 0 Å². The Kier molecular flexibility index (Phi) is 4.70. The van der Waals surface area contributed by atoms with Crippen LogP contribution in [0.4, 0.5) is 5.82 Å². The van der Waals surface area contributed by atoms with Crippen LogP contribution in [0.2, 0.25) is 0 Å². The van der Waals surface area contributed by atoms with E-state index in [0.29, 0.717) is 0 Å². The van der Waals surface area contributed by atoms with Crippen LogP contribution < -0.4 is 9.62 Å². The number of nitrogens with one attached hydrogen (secondary N) is 1. The van der Waals surface area contributed by atoms with Crippen LogP contribution >= 0.6 is 11.7 Å². The van der Waals surface area contributed by atoms with E-state index in [2.05, 4.69) is 18.4 Å². The van der Waals surface area contributed by atoms with Gasteiger partial charge in [0, 0.05) is 19.1 Å². The Morgan fingerprint density at radius 3 is 2.59 bits per heavy atom. The van der Waals surface area contributed by atoms with E-state index in [9.17, 15) is 8.42 Å². The van der Waals surface area contributed by atoms with E-state index in [1.54, 1.807) is 6.20 Å². The fourth-order valence-corrected chi connectivity index (χ4v) is 4.51. The molecular formula is C14H18N4O2S2. The second-order valence-corrected chi connectivity index (χ2v) is 7.70. The maximum Gasteiger partial charge on any atom is 0.216 e. The molecule has 0 amide bonds. The molecule has 2 heterocycles. The van der Waals surface area contributed by atoms with E-state index in [-0.39, 0.29) is 11.8 Å². The molecule has 0 bridgehead atoms. The lowest BCUT2D eigenvalue weighted by Crippen LogP contribution is -2.45. The summed E-state index contributed by atoms with van der Waals surface area (Å²) in [5.74, 6) is 0.917. The quantitative estimate of drug-likeness (QED) is 0.897. The molecule has 1 aromatic carbocycles. The zero-order valence-electron chi connectivity index (χ0n) is 12.1. The van der Waals surface area contributed by atoms with Gasteiger partial charge in [0.2, 0.25) is 10.0 Å². The Hall–Kier alpha value is -1.51. The van der Waals surface area contributed by atoms with Crippen LogP contribution in [0.1, 0.15) is 18.4 Å². The molecule has 118 valence electrons. The molecule has 1 aromatic heterocycles. The molecule has 0 saturated carbocycles. The predicted molar refractivity (Wildman–Crippen MR) is 87.3 cm³/mol. The molecule has 0 aliphatic carbocycles. The first kappa shape index (κ1) is 15.4. The number of sulfonamides is 1. The Morgan fingerprint density at radius 2 is 1.95 bits per heavy atom. The molecule has 0 spiro atoms. The molecule has 6 nitrogen and oxygen atoms in total. The largest absolute Gasteiger partial charge is 0.354 e. The Morgan fingerprint density at radius 1 is 1.23 bits per heavy atom. The molecule has 3 rings (SSSR count). The fraction of sp³-hybridized carbons (Fsp3) is 0.429. The molecular weight excluding hydrogens is 320 g/mol. The third kappa shape index (κ3) is 4.02. The van der Waals surface area contributed by atoms with E-state index in [4.69, 9.17) is 0 Å². The second kappa shape index (κ2) is 6.72. The van der Waals surface area contributed by atoms with Crippen LogP contribution in [0, 0.1) is 0 Å². The van der Waals surface area contributed by atoms with Crippen molar-refractivity contribution in [2.24, 2.45) is 0 Å². The zero-order valence-corrected chi connectivity index (χ0v) is 13.7. The number of rotatable bonds is 5. The van der Waals surface area contributed by atoms with Gasteiger partial charge in [0.1, 0.15) is 0 Å². The van der Waals surface area contributed by atoms with Gasteiger partial charge in [0.05, 0.1) is 23.7 Å². The van der Waals surface area contributed by atoms with Gasteiger partial charge in [-0.15, -0.1) is 0 Å². The minimum Gasteiger partial charge on any atom is -0.354 e. The molecule has 1 N–H and O–H groups in total. The molecule has 0 unspecified atom stereocenters. The van der Waals surface area contributed by atoms with Gasteiger partial charge in [-0.05, 0) is 18.4 Å². The smallest absolute Gasteiger partial charge is 0.216 e. The highest BCUT2D eigenvalue weighted by Crippen LogP contribution is 2.18. The summed E-state index contributed by atoms with van der Waals surface area (Å²) >= 11 is 1.19. The first-order valence-corrected chi connectivity index (χ1v) is 9.57. The van der Waals surface area contributed by atoms with Crippen LogP contribution in [0.15, 0.2) is 36.5 Å². The molecule has 1 fully saturated rings. The topological polar surface area (TPSA) is 75.2 Å². The third-order valence-corrected chi connectivity index (χ3v) is 5.59. The molecule has 0 radical (unpaired) electrons. The number of hydrogen-bond donors (Lipinski definition) is 1. The van der Waals surface area contributed by atoms with E-state index in [0.717, 1.165) is 37.3 Å². The van der Waals surface area contributed by atoms with E-state index < -0.39 is 10.0 Å². The number of nitrogens with zero attached hydrogens (tertiary/aromatic N) is 3. The molecule has 1 saturated heterocycles. The van der Waals surface area contributed by atoms with Gasteiger partial charge in [0.15, 0.2) is 5.82 Å². The summed E-state index contributed by atoms with van der Waals surface area (Å²) in [5.41, 5.74) is 0.806. The molecule has 22 heavy (non-hydrogen) atoms.